The third kappa shape index (κ3) is 4.37. The molecule has 1 aliphatic rings. The van der Waals surface area contributed by atoms with Crippen LogP contribution in [0.1, 0.15) is 28.7 Å². The summed E-state index contributed by atoms with van der Waals surface area (Å²) in [7, 11) is 4.05. The van der Waals surface area contributed by atoms with Crippen molar-refractivity contribution in [2.75, 3.05) is 40.3 Å². The van der Waals surface area contributed by atoms with Crippen LogP contribution < -0.4 is 0 Å². The van der Waals surface area contributed by atoms with Crippen LogP contribution in [0.3, 0.4) is 0 Å². The Kier molecular flexibility index (Phi) is 5.99. The molecule has 1 amide bonds. The van der Waals surface area contributed by atoms with Crippen LogP contribution in [0.5, 0.6) is 0 Å². The smallest absolute Gasteiger partial charge is 0.274 e. The molecule has 0 unspecified atom stereocenters. The largest absolute Gasteiger partial charge is 0.340 e. The van der Waals surface area contributed by atoms with Gasteiger partial charge in [0, 0.05) is 57.4 Å². The van der Waals surface area contributed by atoms with E-state index in [1.807, 2.05) is 36.8 Å². The highest BCUT2D eigenvalue weighted by molar-refractivity contribution is 7.15. The van der Waals surface area contributed by atoms with Gasteiger partial charge in [0.25, 0.3) is 5.91 Å². The molecule has 0 N–H and O–H groups in total. The topological polar surface area (TPSA) is 44.1 Å². The Labute approximate surface area is 176 Å². The first kappa shape index (κ1) is 20.1. The number of likely N-dealkylation sites (N-methyl/N-ethyl adjacent to an activating group) is 2. The first-order valence-corrected chi connectivity index (χ1v) is 11.1. The predicted molar refractivity (Wildman–Crippen MR) is 118 cm³/mol. The van der Waals surface area contributed by atoms with Gasteiger partial charge in [0.05, 0.1) is 5.69 Å². The highest BCUT2D eigenvalue weighted by Gasteiger charge is 2.27. The third-order valence-corrected chi connectivity index (χ3v) is 6.66. The zero-order valence-electron chi connectivity index (χ0n) is 17.4. The van der Waals surface area contributed by atoms with Crippen LogP contribution in [-0.4, -0.2) is 76.3 Å². The van der Waals surface area contributed by atoms with Crippen LogP contribution in [0.4, 0.5) is 0 Å². The van der Waals surface area contributed by atoms with E-state index in [0.29, 0.717) is 18.3 Å². The molecule has 0 bridgehead atoms. The molecule has 1 aliphatic heterocycles. The lowest BCUT2D eigenvalue weighted by Gasteiger charge is -2.37. The molecular formula is C22H29N5OS. The van der Waals surface area contributed by atoms with Crippen LogP contribution >= 0.6 is 11.3 Å². The Hall–Kier alpha value is -2.22. The molecule has 2 aromatic heterocycles. The Morgan fingerprint density at radius 2 is 2.07 bits per heavy atom. The van der Waals surface area contributed by atoms with E-state index in [1.54, 1.807) is 16.2 Å². The number of carbonyl (C=O) groups excluding carboxylic acids is 1. The van der Waals surface area contributed by atoms with Crippen molar-refractivity contribution in [2.45, 2.75) is 25.9 Å². The summed E-state index contributed by atoms with van der Waals surface area (Å²) in [4.78, 5) is 25.5. The third-order valence-electron chi connectivity index (χ3n) is 5.91. The number of aromatic nitrogens is 2. The van der Waals surface area contributed by atoms with Gasteiger partial charge in [-0.05, 0) is 26.0 Å². The van der Waals surface area contributed by atoms with Crippen LogP contribution in [0, 0.1) is 0 Å². The fourth-order valence-electron chi connectivity index (χ4n) is 3.86. The summed E-state index contributed by atoms with van der Waals surface area (Å²) in [5.41, 5.74) is 2.85. The van der Waals surface area contributed by atoms with Crippen molar-refractivity contribution >= 4 is 22.2 Å². The van der Waals surface area contributed by atoms with Gasteiger partial charge in [-0.15, -0.1) is 11.3 Å². The molecule has 29 heavy (non-hydrogen) atoms. The molecule has 1 atom stereocenters. The van der Waals surface area contributed by atoms with Crippen molar-refractivity contribution in [1.29, 1.82) is 0 Å². The van der Waals surface area contributed by atoms with E-state index < -0.39 is 0 Å². The van der Waals surface area contributed by atoms with E-state index in [-0.39, 0.29) is 5.91 Å². The summed E-state index contributed by atoms with van der Waals surface area (Å²) in [6.07, 6.45) is 2.87. The monoisotopic (exact) mass is 411 g/mol. The number of hydrogen-bond acceptors (Lipinski definition) is 5. The number of fused-ring (bicyclic) bond motifs is 1. The normalized spacial score (nSPS) is 18.4. The molecule has 6 nitrogen and oxygen atoms in total. The van der Waals surface area contributed by atoms with Gasteiger partial charge < -0.3 is 9.80 Å². The van der Waals surface area contributed by atoms with Gasteiger partial charge in [-0.25, -0.2) is 4.98 Å². The molecule has 7 heteroatoms. The van der Waals surface area contributed by atoms with Crippen LogP contribution in [0.25, 0.3) is 4.96 Å². The molecule has 0 aliphatic carbocycles. The molecule has 1 aromatic carbocycles. The standard InChI is InChI=1S/C22H29N5OS/c1-17-15-26(12-11-24(17)2)16-19-20(23-22-27(19)13-14-29-22)21(28)25(3)10-9-18-7-5-4-6-8-18/h4-8,13-14,17H,9-12,15-16H2,1-3H3/t17-/m0/s1. The lowest BCUT2D eigenvalue weighted by Crippen LogP contribution is -2.49. The number of imidazole rings is 1. The summed E-state index contributed by atoms with van der Waals surface area (Å²) in [5.74, 6) is 0.00834. The van der Waals surface area contributed by atoms with E-state index in [1.165, 1.54) is 5.56 Å². The Balaban J connectivity index is 1.51. The van der Waals surface area contributed by atoms with Gasteiger partial charge in [0.15, 0.2) is 10.7 Å². The van der Waals surface area contributed by atoms with Crippen molar-refractivity contribution in [3.63, 3.8) is 0 Å². The maximum absolute atomic E-state index is 13.2. The van der Waals surface area contributed by atoms with E-state index in [0.717, 1.165) is 43.3 Å². The first-order valence-electron chi connectivity index (χ1n) is 10.2. The van der Waals surface area contributed by atoms with E-state index in [2.05, 4.69) is 40.3 Å². The van der Waals surface area contributed by atoms with Gasteiger partial charge >= 0.3 is 0 Å². The van der Waals surface area contributed by atoms with Gasteiger partial charge in [-0.2, -0.15) is 0 Å². The summed E-state index contributed by atoms with van der Waals surface area (Å²) in [6.45, 7) is 6.75. The molecule has 3 aromatic rings. The number of carbonyl (C=O) groups is 1. The van der Waals surface area contributed by atoms with Gasteiger partial charge in [-0.3, -0.25) is 14.1 Å². The van der Waals surface area contributed by atoms with Crippen molar-refractivity contribution < 1.29 is 4.79 Å². The van der Waals surface area contributed by atoms with Crippen LogP contribution in [-0.2, 0) is 13.0 Å². The highest BCUT2D eigenvalue weighted by Crippen LogP contribution is 2.21. The second-order valence-electron chi connectivity index (χ2n) is 7.99. The Bertz CT molecular complexity index is 966. The molecule has 1 saturated heterocycles. The number of benzene rings is 1. The van der Waals surface area contributed by atoms with E-state index >= 15 is 0 Å². The second kappa shape index (κ2) is 8.65. The minimum atomic E-state index is 0.00834. The lowest BCUT2D eigenvalue weighted by atomic mass is 10.1. The minimum Gasteiger partial charge on any atom is -0.340 e. The fraction of sp³-hybridized carbons (Fsp3) is 0.455. The van der Waals surface area contributed by atoms with E-state index in [4.69, 9.17) is 4.98 Å². The van der Waals surface area contributed by atoms with Crippen molar-refractivity contribution in [2.24, 2.45) is 0 Å². The zero-order chi connectivity index (χ0) is 20.4. The molecule has 1 fully saturated rings. The zero-order valence-corrected chi connectivity index (χ0v) is 18.2. The highest BCUT2D eigenvalue weighted by atomic mass is 32.1. The number of rotatable bonds is 6. The fourth-order valence-corrected chi connectivity index (χ4v) is 4.59. The molecule has 0 saturated carbocycles. The molecule has 4 rings (SSSR count). The lowest BCUT2D eigenvalue weighted by molar-refractivity contribution is 0.0782. The second-order valence-corrected chi connectivity index (χ2v) is 8.86. The van der Waals surface area contributed by atoms with Crippen molar-refractivity contribution in [3.8, 4) is 0 Å². The minimum absolute atomic E-state index is 0.00834. The maximum Gasteiger partial charge on any atom is 0.274 e. The Morgan fingerprint density at radius 3 is 2.83 bits per heavy atom. The van der Waals surface area contributed by atoms with Crippen molar-refractivity contribution in [1.82, 2.24) is 24.1 Å². The molecule has 0 spiro atoms. The number of piperazine rings is 1. The van der Waals surface area contributed by atoms with E-state index in [9.17, 15) is 4.79 Å². The average molecular weight is 412 g/mol. The average Bonchev–Trinajstić information content (AvgIpc) is 3.32. The SMILES string of the molecule is C[C@H]1CN(Cc2c(C(=O)N(C)CCc3ccccc3)nc3sccn23)CCN1C. The van der Waals surface area contributed by atoms with Crippen molar-refractivity contribution in [3.05, 3.63) is 58.9 Å². The van der Waals surface area contributed by atoms with Gasteiger partial charge in [-0.1, -0.05) is 30.3 Å². The number of amides is 1. The maximum atomic E-state index is 13.2. The Morgan fingerprint density at radius 1 is 1.28 bits per heavy atom. The summed E-state index contributed by atoms with van der Waals surface area (Å²) in [6, 6.07) is 10.8. The molecular weight excluding hydrogens is 382 g/mol. The number of hydrogen-bond donors (Lipinski definition) is 0. The molecule has 3 heterocycles. The predicted octanol–water partition coefficient (Wildman–Crippen LogP) is 2.85. The number of thiazole rings is 1. The first-order chi connectivity index (χ1) is 14.0. The quantitative estimate of drug-likeness (QED) is 0.626. The van der Waals surface area contributed by atoms with Crippen LogP contribution in [0.15, 0.2) is 41.9 Å². The summed E-state index contributed by atoms with van der Waals surface area (Å²) >= 11 is 1.58. The van der Waals surface area contributed by atoms with Gasteiger partial charge in [0.2, 0.25) is 0 Å². The number of nitrogens with zero attached hydrogens (tertiary/aromatic N) is 5. The summed E-state index contributed by atoms with van der Waals surface area (Å²) in [5, 5.41) is 2.03. The van der Waals surface area contributed by atoms with Crippen LogP contribution in [0.2, 0.25) is 0 Å². The molecule has 0 radical (unpaired) electrons. The summed E-state index contributed by atoms with van der Waals surface area (Å²) < 4.78 is 2.09. The van der Waals surface area contributed by atoms with Gasteiger partial charge in [0.1, 0.15) is 0 Å². The molecule has 154 valence electrons.